The van der Waals surface area contributed by atoms with Gasteiger partial charge in [0, 0.05) is 6.42 Å². The second-order valence-corrected chi connectivity index (χ2v) is 5.74. The van der Waals surface area contributed by atoms with Gasteiger partial charge in [-0.25, -0.2) is 0 Å². The highest BCUT2D eigenvalue weighted by Gasteiger charge is 2.44. The van der Waals surface area contributed by atoms with Crippen molar-refractivity contribution < 1.29 is 19.0 Å². The summed E-state index contributed by atoms with van der Waals surface area (Å²) in [6, 6.07) is 0. The van der Waals surface area contributed by atoms with Gasteiger partial charge < -0.3 is 19.5 Å². The van der Waals surface area contributed by atoms with E-state index in [0.29, 0.717) is 26.2 Å². The summed E-state index contributed by atoms with van der Waals surface area (Å²) in [5.41, 5.74) is -0.556. The van der Waals surface area contributed by atoms with Crippen molar-refractivity contribution in [3.05, 3.63) is 0 Å². The molecule has 0 aromatic heterocycles. The van der Waals surface area contributed by atoms with Gasteiger partial charge >= 0.3 is 5.97 Å². The molecular weight excluding hydrogens is 258 g/mol. The predicted octanol–water partition coefficient (Wildman–Crippen LogP) is 1.65. The van der Waals surface area contributed by atoms with Crippen molar-refractivity contribution >= 4 is 5.97 Å². The Hall–Kier alpha value is -0.650. The van der Waals surface area contributed by atoms with Crippen LogP contribution in [0.4, 0.5) is 0 Å². The Morgan fingerprint density at radius 2 is 2.15 bits per heavy atom. The van der Waals surface area contributed by atoms with Crippen LogP contribution in [0.2, 0.25) is 0 Å². The maximum Gasteiger partial charge on any atom is 0.326 e. The first kappa shape index (κ1) is 15.7. The molecule has 0 aromatic carbocycles. The minimum Gasteiger partial charge on any atom is -0.465 e. The molecule has 0 spiro atoms. The summed E-state index contributed by atoms with van der Waals surface area (Å²) in [5, 5.41) is 3.42. The number of carbonyl (C=O) groups is 1. The highest BCUT2D eigenvalue weighted by Crippen LogP contribution is 2.32. The second kappa shape index (κ2) is 7.38. The van der Waals surface area contributed by atoms with Gasteiger partial charge in [-0.05, 0) is 39.2 Å². The number of nitrogens with one attached hydrogen (secondary N) is 1. The lowest BCUT2D eigenvalue weighted by Gasteiger charge is -2.41. The monoisotopic (exact) mass is 285 g/mol. The lowest BCUT2D eigenvalue weighted by molar-refractivity contribution is -0.174. The van der Waals surface area contributed by atoms with E-state index in [0.717, 1.165) is 32.2 Å². The molecule has 2 atom stereocenters. The summed E-state index contributed by atoms with van der Waals surface area (Å²) in [6.07, 6.45) is 4.91. The molecule has 5 nitrogen and oxygen atoms in total. The van der Waals surface area contributed by atoms with Gasteiger partial charge in [0.05, 0.1) is 25.9 Å². The Kier molecular flexibility index (Phi) is 5.81. The van der Waals surface area contributed by atoms with Crippen LogP contribution in [-0.2, 0) is 19.0 Å². The Morgan fingerprint density at radius 3 is 2.75 bits per heavy atom. The average Bonchev–Trinajstić information content (AvgIpc) is 2.41. The van der Waals surface area contributed by atoms with Gasteiger partial charge in [-0.1, -0.05) is 6.92 Å². The van der Waals surface area contributed by atoms with E-state index in [4.69, 9.17) is 14.2 Å². The van der Waals surface area contributed by atoms with Crippen molar-refractivity contribution in [3.8, 4) is 0 Å². The summed E-state index contributed by atoms with van der Waals surface area (Å²) in [4.78, 5) is 12.4. The molecule has 2 rings (SSSR count). The lowest BCUT2D eigenvalue weighted by atomic mass is 9.79. The topological polar surface area (TPSA) is 56.8 Å². The van der Waals surface area contributed by atoms with E-state index in [1.54, 1.807) is 0 Å². The highest BCUT2D eigenvalue weighted by atomic mass is 16.6. The van der Waals surface area contributed by atoms with Gasteiger partial charge in [0.15, 0.2) is 0 Å². The zero-order valence-corrected chi connectivity index (χ0v) is 12.7. The first-order chi connectivity index (χ1) is 9.70. The Bertz CT molecular complexity index is 319. The van der Waals surface area contributed by atoms with Crippen LogP contribution in [0.1, 0.15) is 46.0 Å². The van der Waals surface area contributed by atoms with Crippen molar-refractivity contribution in [2.75, 3.05) is 26.4 Å². The molecule has 2 aliphatic rings. The second-order valence-electron chi connectivity index (χ2n) is 5.74. The van der Waals surface area contributed by atoms with Gasteiger partial charge in [-0.15, -0.1) is 0 Å². The Morgan fingerprint density at radius 1 is 1.35 bits per heavy atom. The SMILES string of the molecule is CCCNC1(C(=O)OCC)CCCC(OC2COC2)C1. The normalized spacial score (nSPS) is 30.8. The molecule has 2 unspecified atom stereocenters. The maximum atomic E-state index is 12.4. The standard InChI is InChI=1S/C15H27NO4/c1-3-8-16-15(14(17)19-4-2)7-5-6-12(9-15)20-13-10-18-11-13/h12-13,16H,3-11H2,1-2H3. The minimum atomic E-state index is -0.556. The third-order valence-corrected chi connectivity index (χ3v) is 4.08. The van der Waals surface area contributed by atoms with Crippen molar-refractivity contribution in [1.29, 1.82) is 0 Å². The highest BCUT2D eigenvalue weighted by molar-refractivity contribution is 5.81. The number of carbonyl (C=O) groups excluding carboxylic acids is 1. The average molecular weight is 285 g/mol. The first-order valence-corrected chi connectivity index (χ1v) is 7.85. The zero-order valence-electron chi connectivity index (χ0n) is 12.7. The van der Waals surface area contributed by atoms with E-state index >= 15 is 0 Å². The van der Waals surface area contributed by atoms with Crippen LogP contribution in [-0.4, -0.2) is 50.1 Å². The number of ether oxygens (including phenoxy) is 3. The summed E-state index contributed by atoms with van der Waals surface area (Å²) < 4.78 is 16.5. The smallest absolute Gasteiger partial charge is 0.326 e. The number of rotatable bonds is 7. The molecular formula is C15H27NO4. The molecule has 2 fully saturated rings. The van der Waals surface area contributed by atoms with Crippen LogP contribution < -0.4 is 5.32 Å². The van der Waals surface area contributed by atoms with E-state index in [1.165, 1.54) is 0 Å². The third-order valence-electron chi connectivity index (χ3n) is 4.08. The number of hydrogen-bond donors (Lipinski definition) is 1. The van der Waals surface area contributed by atoms with Gasteiger partial charge in [0.1, 0.15) is 11.6 Å². The summed E-state index contributed by atoms with van der Waals surface area (Å²) in [5.74, 6) is -0.119. The summed E-state index contributed by atoms with van der Waals surface area (Å²) >= 11 is 0. The van der Waals surface area contributed by atoms with Gasteiger partial charge in [-0.2, -0.15) is 0 Å². The molecule has 1 saturated carbocycles. The Labute approximate surface area is 121 Å². The molecule has 1 aliphatic heterocycles. The number of esters is 1. The number of hydrogen-bond acceptors (Lipinski definition) is 5. The largest absolute Gasteiger partial charge is 0.465 e. The van der Waals surface area contributed by atoms with Gasteiger partial charge in [-0.3, -0.25) is 4.79 Å². The van der Waals surface area contributed by atoms with Crippen molar-refractivity contribution in [2.24, 2.45) is 0 Å². The molecule has 0 aromatic rings. The van der Waals surface area contributed by atoms with E-state index in [-0.39, 0.29) is 18.2 Å². The fourth-order valence-electron chi connectivity index (χ4n) is 2.96. The molecule has 1 saturated heterocycles. The molecule has 0 radical (unpaired) electrons. The van der Waals surface area contributed by atoms with Crippen LogP contribution in [0, 0.1) is 0 Å². The minimum absolute atomic E-state index is 0.119. The molecule has 116 valence electrons. The fourth-order valence-corrected chi connectivity index (χ4v) is 2.96. The van der Waals surface area contributed by atoms with E-state index in [9.17, 15) is 4.79 Å². The van der Waals surface area contributed by atoms with Crippen LogP contribution in [0.5, 0.6) is 0 Å². The molecule has 20 heavy (non-hydrogen) atoms. The van der Waals surface area contributed by atoms with Crippen LogP contribution in [0.15, 0.2) is 0 Å². The molecule has 1 aliphatic carbocycles. The molecule has 0 amide bonds. The van der Waals surface area contributed by atoms with Gasteiger partial charge in [0.25, 0.3) is 0 Å². The van der Waals surface area contributed by atoms with E-state index in [1.807, 2.05) is 6.92 Å². The lowest BCUT2D eigenvalue weighted by Crippen LogP contribution is -2.57. The summed E-state index contributed by atoms with van der Waals surface area (Å²) in [6.45, 7) is 6.59. The zero-order chi connectivity index (χ0) is 14.4. The van der Waals surface area contributed by atoms with Crippen LogP contribution in [0.3, 0.4) is 0 Å². The molecule has 5 heteroatoms. The van der Waals surface area contributed by atoms with Crippen LogP contribution in [0.25, 0.3) is 0 Å². The van der Waals surface area contributed by atoms with Crippen molar-refractivity contribution in [3.63, 3.8) is 0 Å². The predicted molar refractivity (Wildman–Crippen MR) is 75.6 cm³/mol. The molecule has 0 bridgehead atoms. The molecule has 1 N–H and O–H groups in total. The summed E-state index contributed by atoms with van der Waals surface area (Å²) in [7, 11) is 0. The molecule has 1 heterocycles. The maximum absolute atomic E-state index is 12.4. The third kappa shape index (κ3) is 3.71. The fraction of sp³-hybridized carbons (Fsp3) is 0.933. The van der Waals surface area contributed by atoms with Crippen molar-refractivity contribution in [2.45, 2.75) is 63.7 Å². The van der Waals surface area contributed by atoms with Gasteiger partial charge in [0.2, 0.25) is 0 Å². The van der Waals surface area contributed by atoms with Crippen molar-refractivity contribution in [1.82, 2.24) is 5.32 Å². The first-order valence-electron chi connectivity index (χ1n) is 7.85. The quantitative estimate of drug-likeness (QED) is 0.721. The van der Waals surface area contributed by atoms with E-state index in [2.05, 4.69) is 12.2 Å². The van der Waals surface area contributed by atoms with E-state index < -0.39 is 5.54 Å². The Balaban J connectivity index is 1.98. The van der Waals surface area contributed by atoms with Crippen LogP contribution >= 0.6 is 0 Å².